The molecule has 4 heteroatoms. The zero-order chi connectivity index (χ0) is 10.1. The van der Waals surface area contributed by atoms with Gasteiger partial charge in [-0.15, -0.1) is 11.3 Å². The number of aryl methyl sites for hydroxylation is 2. The normalized spacial score (nSPS) is 16.2. The van der Waals surface area contributed by atoms with E-state index in [1.807, 2.05) is 0 Å². The summed E-state index contributed by atoms with van der Waals surface area (Å²) in [5.74, 6) is 0. The summed E-state index contributed by atoms with van der Waals surface area (Å²) in [5, 5.41) is 8.92. The molecule has 0 saturated heterocycles. The highest BCUT2D eigenvalue weighted by Gasteiger charge is 2.19. The van der Waals surface area contributed by atoms with Crippen LogP contribution in [-0.4, -0.2) is 22.6 Å². The van der Waals surface area contributed by atoms with Crippen molar-refractivity contribution >= 4 is 17.4 Å². The summed E-state index contributed by atoms with van der Waals surface area (Å²) in [6.45, 7) is 3.30. The van der Waals surface area contributed by atoms with Crippen LogP contribution in [0.15, 0.2) is 6.07 Å². The third-order valence-corrected chi connectivity index (χ3v) is 3.64. The molecule has 1 aromatic rings. The Labute approximate surface area is 87.0 Å². The van der Waals surface area contributed by atoms with Crippen LogP contribution in [0.25, 0.3) is 0 Å². The lowest BCUT2D eigenvalue weighted by molar-refractivity contribution is 0.143. The van der Waals surface area contributed by atoms with E-state index >= 15 is 0 Å². The SMILES string of the molecule is Cc1cc2c(s1)CCCN(C(=O)O)C2. The molecule has 3 nitrogen and oxygen atoms in total. The molecule has 14 heavy (non-hydrogen) atoms. The maximum absolute atomic E-state index is 10.9. The lowest BCUT2D eigenvalue weighted by atomic mass is 10.2. The lowest BCUT2D eigenvalue weighted by Crippen LogP contribution is -2.28. The summed E-state index contributed by atoms with van der Waals surface area (Å²) in [5.41, 5.74) is 1.20. The second kappa shape index (κ2) is 3.61. The predicted molar refractivity (Wildman–Crippen MR) is 55.8 cm³/mol. The van der Waals surface area contributed by atoms with Crippen LogP contribution in [0.1, 0.15) is 21.7 Å². The van der Waals surface area contributed by atoms with Gasteiger partial charge in [0.05, 0.1) is 6.54 Å². The van der Waals surface area contributed by atoms with E-state index in [2.05, 4.69) is 13.0 Å². The van der Waals surface area contributed by atoms with Crippen molar-refractivity contribution in [2.24, 2.45) is 0 Å². The van der Waals surface area contributed by atoms with E-state index in [9.17, 15) is 4.79 Å². The fraction of sp³-hybridized carbons (Fsp3) is 0.500. The second-order valence-corrected chi connectivity index (χ2v) is 4.95. The molecular formula is C10H13NO2S. The average molecular weight is 211 g/mol. The van der Waals surface area contributed by atoms with Crippen LogP contribution in [0.2, 0.25) is 0 Å². The first-order chi connectivity index (χ1) is 6.66. The molecule has 0 aromatic carbocycles. The van der Waals surface area contributed by atoms with Gasteiger partial charge in [0.15, 0.2) is 0 Å². The number of fused-ring (bicyclic) bond motifs is 1. The molecule has 0 bridgehead atoms. The second-order valence-electron chi connectivity index (χ2n) is 3.61. The molecule has 1 aliphatic rings. The molecule has 0 saturated carbocycles. The molecule has 0 fully saturated rings. The van der Waals surface area contributed by atoms with E-state index in [4.69, 9.17) is 5.11 Å². The minimum Gasteiger partial charge on any atom is -0.465 e. The van der Waals surface area contributed by atoms with Crippen LogP contribution < -0.4 is 0 Å². The molecule has 0 radical (unpaired) electrons. The van der Waals surface area contributed by atoms with Gasteiger partial charge >= 0.3 is 6.09 Å². The van der Waals surface area contributed by atoms with Crippen LogP contribution in [-0.2, 0) is 13.0 Å². The van der Waals surface area contributed by atoms with Gasteiger partial charge in [0.2, 0.25) is 0 Å². The topological polar surface area (TPSA) is 40.5 Å². The molecular weight excluding hydrogens is 198 g/mol. The monoisotopic (exact) mass is 211 g/mol. The van der Waals surface area contributed by atoms with Gasteiger partial charge in [0.25, 0.3) is 0 Å². The van der Waals surface area contributed by atoms with Gasteiger partial charge in [-0.3, -0.25) is 0 Å². The van der Waals surface area contributed by atoms with E-state index in [0.29, 0.717) is 13.1 Å². The van der Waals surface area contributed by atoms with Crippen LogP contribution in [0.4, 0.5) is 4.79 Å². The lowest BCUT2D eigenvalue weighted by Gasteiger charge is -2.15. The van der Waals surface area contributed by atoms with Crippen molar-refractivity contribution in [1.82, 2.24) is 4.90 Å². The van der Waals surface area contributed by atoms with Crippen LogP contribution in [0, 0.1) is 6.92 Å². The molecule has 1 aromatic heterocycles. The van der Waals surface area contributed by atoms with Gasteiger partial charge in [-0.05, 0) is 31.4 Å². The zero-order valence-corrected chi connectivity index (χ0v) is 8.93. The number of thiophene rings is 1. The molecule has 2 heterocycles. The number of hydrogen-bond donors (Lipinski definition) is 1. The maximum Gasteiger partial charge on any atom is 0.407 e. The summed E-state index contributed by atoms with van der Waals surface area (Å²) in [4.78, 5) is 15.0. The first kappa shape index (κ1) is 9.52. The fourth-order valence-electron chi connectivity index (χ4n) is 1.84. The highest BCUT2D eigenvalue weighted by Crippen LogP contribution is 2.27. The number of carboxylic acid groups (broad SMARTS) is 1. The number of rotatable bonds is 0. The molecule has 0 spiro atoms. The first-order valence-corrected chi connectivity index (χ1v) is 5.54. The van der Waals surface area contributed by atoms with E-state index < -0.39 is 6.09 Å². The van der Waals surface area contributed by atoms with Gasteiger partial charge < -0.3 is 10.0 Å². The van der Waals surface area contributed by atoms with Gasteiger partial charge in [0, 0.05) is 16.3 Å². The molecule has 0 unspecified atom stereocenters. The summed E-state index contributed by atoms with van der Waals surface area (Å²) in [6, 6.07) is 2.11. The predicted octanol–water partition coefficient (Wildman–Crippen LogP) is 2.48. The van der Waals surface area contributed by atoms with Crippen molar-refractivity contribution in [3.05, 3.63) is 21.4 Å². The highest BCUT2D eigenvalue weighted by atomic mass is 32.1. The molecule has 0 atom stereocenters. The third kappa shape index (κ3) is 1.75. The Morgan fingerprint density at radius 2 is 2.43 bits per heavy atom. The van der Waals surface area contributed by atoms with Crippen molar-refractivity contribution in [2.45, 2.75) is 26.3 Å². The van der Waals surface area contributed by atoms with Gasteiger partial charge in [-0.1, -0.05) is 0 Å². The molecule has 1 amide bonds. The van der Waals surface area contributed by atoms with Crippen molar-refractivity contribution in [3.63, 3.8) is 0 Å². The molecule has 0 aliphatic carbocycles. The average Bonchev–Trinajstić information content (AvgIpc) is 2.32. The van der Waals surface area contributed by atoms with Crippen molar-refractivity contribution in [3.8, 4) is 0 Å². The van der Waals surface area contributed by atoms with Crippen LogP contribution in [0.3, 0.4) is 0 Å². The molecule has 1 N–H and O–H groups in total. The quantitative estimate of drug-likeness (QED) is 0.716. The van der Waals surface area contributed by atoms with E-state index in [1.54, 1.807) is 11.3 Å². The zero-order valence-electron chi connectivity index (χ0n) is 8.12. The summed E-state index contributed by atoms with van der Waals surface area (Å²) < 4.78 is 0. The number of amides is 1. The van der Waals surface area contributed by atoms with Crippen molar-refractivity contribution < 1.29 is 9.90 Å². The maximum atomic E-state index is 10.9. The smallest absolute Gasteiger partial charge is 0.407 e. The van der Waals surface area contributed by atoms with Crippen LogP contribution in [0.5, 0.6) is 0 Å². The Morgan fingerprint density at radius 1 is 1.64 bits per heavy atom. The number of carbonyl (C=O) groups is 1. The van der Waals surface area contributed by atoms with Gasteiger partial charge in [0.1, 0.15) is 0 Å². The third-order valence-electron chi connectivity index (χ3n) is 2.48. The first-order valence-electron chi connectivity index (χ1n) is 4.73. The van der Waals surface area contributed by atoms with E-state index in [-0.39, 0.29) is 0 Å². The Balaban J connectivity index is 2.25. The molecule has 2 rings (SSSR count). The van der Waals surface area contributed by atoms with Crippen molar-refractivity contribution in [2.75, 3.05) is 6.54 Å². The Bertz CT molecular complexity index is 359. The standard InChI is InChI=1S/C10H13NO2S/c1-7-5-8-6-11(10(12)13)4-2-3-9(8)14-7/h5H,2-4,6H2,1H3,(H,12,13). The van der Waals surface area contributed by atoms with E-state index in [1.165, 1.54) is 20.2 Å². The largest absolute Gasteiger partial charge is 0.465 e. The van der Waals surface area contributed by atoms with Crippen LogP contribution >= 0.6 is 11.3 Å². The van der Waals surface area contributed by atoms with Crippen molar-refractivity contribution in [1.29, 1.82) is 0 Å². The minimum atomic E-state index is -0.804. The van der Waals surface area contributed by atoms with E-state index in [0.717, 1.165) is 12.8 Å². The Morgan fingerprint density at radius 3 is 3.14 bits per heavy atom. The summed E-state index contributed by atoms with van der Waals surface area (Å²) >= 11 is 1.80. The van der Waals surface area contributed by atoms with Gasteiger partial charge in [-0.25, -0.2) is 4.79 Å². The minimum absolute atomic E-state index is 0.564. The highest BCUT2D eigenvalue weighted by molar-refractivity contribution is 7.12. The number of nitrogens with zero attached hydrogens (tertiary/aromatic N) is 1. The molecule has 1 aliphatic heterocycles. The summed E-state index contributed by atoms with van der Waals surface area (Å²) in [6.07, 6.45) is 1.17. The fourth-order valence-corrected chi connectivity index (χ4v) is 2.93. The summed E-state index contributed by atoms with van der Waals surface area (Å²) in [7, 11) is 0. The Hall–Kier alpha value is -1.03. The van der Waals surface area contributed by atoms with Gasteiger partial charge in [-0.2, -0.15) is 0 Å². The Kier molecular flexibility index (Phi) is 2.46. The molecule has 76 valence electrons. The number of hydrogen-bond acceptors (Lipinski definition) is 2.